The van der Waals surface area contributed by atoms with Gasteiger partial charge < -0.3 is 9.84 Å². The Hall–Kier alpha value is -0.570. The van der Waals surface area contributed by atoms with Gasteiger partial charge in [-0.05, 0) is 25.2 Å². The molecule has 0 spiro atoms. The molecule has 0 aromatic rings. The van der Waals surface area contributed by atoms with Gasteiger partial charge in [0, 0.05) is 12.0 Å². The van der Waals surface area contributed by atoms with Crippen molar-refractivity contribution < 1.29 is 14.6 Å². The van der Waals surface area contributed by atoms with Crippen molar-refractivity contribution >= 4 is 5.97 Å². The predicted molar refractivity (Wildman–Crippen MR) is 52.1 cm³/mol. The lowest BCUT2D eigenvalue weighted by Crippen LogP contribution is -2.15. The first-order chi connectivity index (χ1) is 6.70. The Morgan fingerprint density at radius 3 is 2.64 bits per heavy atom. The first kappa shape index (κ1) is 9.97. The van der Waals surface area contributed by atoms with Crippen LogP contribution in [0.5, 0.6) is 0 Å². The lowest BCUT2D eigenvalue weighted by atomic mass is 10.0. The van der Waals surface area contributed by atoms with Crippen LogP contribution in [0.25, 0.3) is 0 Å². The molecule has 0 radical (unpaired) electrons. The fourth-order valence-electron chi connectivity index (χ4n) is 1.81. The Morgan fingerprint density at radius 1 is 1.43 bits per heavy atom. The monoisotopic (exact) mass is 198 g/mol. The number of rotatable bonds is 7. The van der Waals surface area contributed by atoms with Gasteiger partial charge in [0.05, 0.1) is 13.0 Å². The molecule has 0 atom stereocenters. The van der Waals surface area contributed by atoms with E-state index in [-0.39, 0.29) is 11.8 Å². The topological polar surface area (TPSA) is 46.5 Å². The van der Waals surface area contributed by atoms with Crippen LogP contribution in [0.3, 0.4) is 0 Å². The van der Waals surface area contributed by atoms with Gasteiger partial charge >= 0.3 is 5.97 Å². The minimum Gasteiger partial charge on any atom is -0.481 e. The Labute approximate surface area is 84.4 Å². The second-order valence-electron chi connectivity index (χ2n) is 4.86. The molecule has 0 heterocycles. The van der Waals surface area contributed by atoms with Crippen LogP contribution < -0.4 is 0 Å². The van der Waals surface area contributed by atoms with E-state index in [1.54, 1.807) is 0 Å². The number of hydrogen-bond acceptors (Lipinski definition) is 2. The maximum absolute atomic E-state index is 10.6. The SMILES string of the molecule is O=C(O)CC1(COCCC2CC2)CC1. The van der Waals surface area contributed by atoms with E-state index in [4.69, 9.17) is 9.84 Å². The largest absolute Gasteiger partial charge is 0.481 e. The van der Waals surface area contributed by atoms with Crippen LogP contribution in [0.15, 0.2) is 0 Å². The molecule has 2 rings (SSSR count). The molecule has 0 aromatic heterocycles. The minimum absolute atomic E-state index is 0.00931. The molecule has 2 saturated carbocycles. The third-order valence-corrected chi connectivity index (χ3v) is 3.26. The summed E-state index contributed by atoms with van der Waals surface area (Å²) in [4.78, 5) is 10.6. The van der Waals surface area contributed by atoms with Crippen LogP contribution in [-0.4, -0.2) is 24.3 Å². The molecule has 0 amide bonds. The molecule has 0 aliphatic heterocycles. The van der Waals surface area contributed by atoms with Crippen molar-refractivity contribution in [3.8, 4) is 0 Å². The first-order valence-electron chi connectivity index (χ1n) is 5.50. The van der Waals surface area contributed by atoms with Crippen molar-refractivity contribution in [2.45, 2.75) is 38.5 Å². The zero-order valence-corrected chi connectivity index (χ0v) is 8.50. The molecule has 2 aliphatic carbocycles. The first-order valence-corrected chi connectivity index (χ1v) is 5.50. The van der Waals surface area contributed by atoms with E-state index in [0.717, 1.165) is 25.4 Å². The van der Waals surface area contributed by atoms with Crippen molar-refractivity contribution in [2.75, 3.05) is 13.2 Å². The average Bonchev–Trinajstić information content (AvgIpc) is 2.93. The fraction of sp³-hybridized carbons (Fsp3) is 0.909. The van der Waals surface area contributed by atoms with Crippen LogP contribution >= 0.6 is 0 Å². The summed E-state index contributed by atoms with van der Waals surface area (Å²) < 4.78 is 5.55. The third-order valence-electron chi connectivity index (χ3n) is 3.26. The highest BCUT2D eigenvalue weighted by atomic mass is 16.5. The summed E-state index contributed by atoms with van der Waals surface area (Å²) >= 11 is 0. The van der Waals surface area contributed by atoms with Crippen LogP contribution in [-0.2, 0) is 9.53 Å². The smallest absolute Gasteiger partial charge is 0.303 e. The highest BCUT2D eigenvalue weighted by molar-refractivity contribution is 5.68. The zero-order chi connectivity index (χ0) is 10.0. The number of carboxylic acid groups (broad SMARTS) is 1. The number of carboxylic acids is 1. The summed E-state index contributed by atoms with van der Waals surface area (Å²) in [5.41, 5.74) is 0.00931. The van der Waals surface area contributed by atoms with E-state index < -0.39 is 5.97 Å². The van der Waals surface area contributed by atoms with E-state index in [0.29, 0.717) is 6.61 Å². The van der Waals surface area contributed by atoms with Gasteiger partial charge in [0.2, 0.25) is 0 Å². The maximum Gasteiger partial charge on any atom is 0.303 e. The van der Waals surface area contributed by atoms with Crippen LogP contribution in [0.2, 0.25) is 0 Å². The quantitative estimate of drug-likeness (QED) is 0.637. The lowest BCUT2D eigenvalue weighted by molar-refractivity contribution is -0.139. The molecule has 0 bridgehead atoms. The standard InChI is InChI=1S/C11H18O3/c12-10(13)7-11(4-5-11)8-14-6-3-9-1-2-9/h9H,1-8H2,(H,12,13). The van der Waals surface area contributed by atoms with Crippen LogP contribution in [0, 0.1) is 11.3 Å². The van der Waals surface area contributed by atoms with Crippen molar-refractivity contribution in [1.29, 1.82) is 0 Å². The lowest BCUT2D eigenvalue weighted by Gasteiger charge is -2.12. The predicted octanol–water partition coefficient (Wildman–Crippen LogP) is 2.06. The van der Waals surface area contributed by atoms with Gasteiger partial charge in [0.1, 0.15) is 0 Å². The van der Waals surface area contributed by atoms with Crippen molar-refractivity contribution in [3.63, 3.8) is 0 Å². The zero-order valence-electron chi connectivity index (χ0n) is 8.50. The van der Waals surface area contributed by atoms with Gasteiger partial charge in [0.15, 0.2) is 0 Å². The highest BCUT2D eigenvalue weighted by Crippen LogP contribution is 2.49. The van der Waals surface area contributed by atoms with Crippen LogP contribution in [0.1, 0.15) is 38.5 Å². The van der Waals surface area contributed by atoms with Crippen molar-refractivity contribution in [2.24, 2.45) is 11.3 Å². The van der Waals surface area contributed by atoms with E-state index >= 15 is 0 Å². The van der Waals surface area contributed by atoms with Gasteiger partial charge in [-0.3, -0.25) is 4.79 Å². The molecule has 14 heavy (non-hydrogen) atoms. The number of aliphatic carboxylic acids is 1. The van der Waals surface area contributed by atoms with Gasteiger partial charge in [-0.2, -0.15) is 0 Å². The summed E-state index contributed by atoms with van der Waals surface area (Å²) in [6, 6.07) is 0. The Balaban J connectivity index is 1.56. The molecular weight excluding hydrogens is 180 g/mol. The highest BCUT2D eigenvalue weighted by Gasteiger charge is 2.44. The van der Waals surface area contributed by atoms with Crippen LogP contribution in [0.4, 0.5) is 0 Å². The Morgan fingerprint density at radius 2 is 2.14 bits per heavy atom. The second kappa shape index (κ2) is 3.89. The normalized spacial score (nSPS) is 23.4. The summed E-state index contributed by atoms with van der Waals surface area (Å²) in [6.45, 7) is 1.48. The molecule has 0 saturated heterocycles. The van der Waals surface area contributed by atoms with E-state index in [1.165, 1.54) is 19.3 Å². The van der Waals surface area contributed by atoms with E-state index in [9.17, 15) is 4.79 Å². The average molecular weight is 198 g/mol. The number of carbonyl (C=O) groups is 1. The molecule has 0 unspecified atom stereocenters. The number of ether oxygens (including phenoxy) is 1. The van der Waals surface area contributed by atoms with Gasteiger partial charge in [0.25, 0.3) is 0 Å². The molecule has 0 aromatic carbocycles. The Bertz CT molecular complexity index is 217. The molecule has 3 nitrogen and oxygen atoms in total. The van der Waals surface area contributed by atoms with Gasteiger partial charge in [-0.15, -0.1) is 0 Å². The summed E-state index contributed by atoms with van der Waals surface area (Å²) in [5, 5.41) is 8.69. The summed E-state index contributed by atoms with van der Waals surface area (Å²) in [6.07, 6.45) is 6.25. The molecule has 1 N–H and O–H groups in total. The summed E-state index contributed by atoms with van der Waals surface area (Å²) in [5.74, 6) is 0.220. The maximum atomic E-state index is 10.6. The second-order valence-corrected chi connectivity index (χ2v) is 4.86. The number of hydrogen-bond donors (Lipinski definition) is 1. The van der Waals surface area contributed by atoms with Gasteiger partial charge in [-0.25, -0.2) is 0 Å². The van der Waals surface area contributed by atoms with Crippen molar-refractivity contribution in [3.05, 3.63) is 0 Å². The fourth-order valence-corrected chi connectivity index (χ4v) is 1.81. The molecule has 3 heteroatoms. The summed E-state index contributed by atoms with van der Waals surface area (Å²) in [7, 11) is 0. The van der Waals surface area contributed by atoms with Gasteiger partial charge in [-0.1, -0.05) is 12.8 Å². The molecule has 2 fully saturated rings. The minimum atomic E-state index is -0.687. The molecular formula is C11H18O3. The van der Waals surface area contributed by atoms with E-state index in [1.807, 2.05) is 0 Å². The van der Waals surface area contributed by atoms with E-state index in [2.05, 4.69) is 0 Å². The third kappa shape index (κ3) is 2.98. The van der Waals surface area contributed by atoms with Crippen molar-refractivity contribution in [1.82, 2.24) is 0 Å². The molecule has 80 valence electrons. The molecule has 2 aliphatic rings. The Kier molecular flexibility index (Phi) is 2.77.